The Hall–Kier alpha value is -1.03. The number of hydrogen-bond acceptors (Lipinski definition) is 3. The fourth-order valence-corrected chi connectivity index (χ4v) is 1.05. The zero-order valence-electron chi connectivity index (χ0n) is 7.70. The molecule has 0 unspecified atom stereocenters. The number of rotatable bonds is 1. The van der Waals surface area contributed by atoms with E-state index in [4.69, 9.17) is 10.8 Å². The van der Waals surface area contributed by atoms with Crippen molar-refractivity contribution in [3.63, 3.8) is 0 Å². The summed E-state index contributed by atoms with van der Waals surface area (Å²) in [6, 6.07) is 0. The minimum absolute atomic E-state index is 0.0537. The lowest BCUT2D eigenvalue weighted by Crippen LogP contribution is -2.24. The van der Waals surface area contributed by atoms with E-state index in [0.717, 1.165) is 0 Å². The molecule has 0 saturated heterocycles. The maximum atomic E-state index is 8.86. The van der Waals surface area contributed by atoms with Crippen molar-refractivity contribution < 1.29 is 5.11 Å². The summed E-state index contributed by atoms with van der Waals surface area (Å²) in [6.45, 7) is 5.98. The molecule has 3 N–H and O–H groups in total. The van der Waals surface area contributed by atoms with Gasteiger partial charge in [0.1, 0.15) is 5.82 Å². The van der Waals surface area contributed by atoms with Crippen LogP contribution in [-0.4, -0.2) is 14.9 Å². The van der Waals surface area contributed by atoms with E-state index >= 15 is 0 Å². The van der Waals surface area contributed by atoms with Gasteiger partial charge in [0.15, 0.2) is 0 Å². The molecule has 0 bridgehead atoms. The number of nitrogen functional groups attached to an aromatic ring is 1. The minimum Gasteiger partial charge on any atom is -0.391 e. The Morgan fingerprint density at radius 2 is 2.17 bits per heavy atom. The Morgan fingerprint density at radius 1 is 1.58 bits per heavy atom. The first-order valence-electron chi connectivity index (χ1n) is 3.90. The van der Waals surface area contributed by atoms with E-state index in [1.165, 1.54) is 0 Å². The monoisotopic (exact) mass is 169 g/mol. The van der Waals surface area contributed by atoms with Gasteiger partial charge in [-0.2, -0.15) is 5.10 Å². The van der Waals surface area contributed by atoms with Crippen LogP contribution in [0.25, 0.3) is 0 Å². The molecule has 68 valence electrons. The second-order valence-electron chi connectivity index (χ2n) is 3.80. The summed E-state index contributed by atoms with van der Waals surface area (Å²) in [5, 5.41) is 13.0. The van der Waals surface area contributed by atoms with Gasteiger partial charge in [0.25, 0.3) is 0 Å². The van der Waals surface area contributed by atoms with Crippen LogP contribution in [0, 0.1) is 0 Å². The molecule has 0 radical (unpaired) electrons. The lowest BCUT2D eigenvalue weighted by Gasteiger charge is -2.20. The molecule has 4 heteroatoms. The second kappa shape index (κ2) is 2.79. The van der Waals surface area contributed by atoms with Crippen LogP contribution in [-0.2, 0) is 12.1 Å². The average Bonchev–Trinajstić information content (AvgIpc) is 2.29. The van der Waals surface area contributed by atoms with Crippen LogP contribution in [0.4, 0.5) is 5.82 Å². The molecule has 1 heterocycles. The van der Waals surface area contributed by atoms with Crippen LogP contribution >= 0.6 is 0 Å². The maximum absolute atomic E-state index is 8.86. The first-order chi connectivity index (χ1) is 5.46. The third kappa shape index (κ3) is 1.43. The van der Waals surface area contributed by atoms with Crippen molar-refractivity contribution in [1.82, 2.24) is 9.78 Å². The Morgan fingerprint density at radius 3 is 2.42 bits per heavy atom. The summed E-state index contributed by atoms with van der Waals surface area (Å²) in [4.78, 5) is 0. The minimum atomic E-state index is -0.127. The SMILES string of the molecule is CC(C)(C)n1ncc(CO)c1N. The largest absolute Gasteiger partial charge is 0.391 e. The predicted molar refractivity (Wildman–Crippen MR) is 47.6 cm³/mol. The van der Waals surface area contributed by atoms with E-state index in [9.17, 15) is 0 Å². The number of aliphatic hydroxyl groups excluding tert-OH is 1. The third-order valence-corrected chi connectivity index (χ3v) is 1.69. The average molecular weight is 169 g/mol. The molecule has 0 atom stereocenters. The van der Waals surface area contributed by atoms with Gasteiger partial charge in [0.05, 0.1) is 18.3 Å². The molecule has 0 aliphatic rings. The number of hydrogen-bond donors (Lipinski definition) is 2. The Balaban J connectivity index is 3.11. The molecule has 0 aromatic carbocycles. The molecule has 1 aromatic heterocycles. The van der Waals surface area contributed by atoms with Gasteiger partial charge in [0.2, 0.25) is 0 Å². The number of aromatic nitrogens is 2. The molecular weight excluding hydrogens is 154 g/mol. The van der Waals surface area contributed by atoms with Gasteiger partial charge in [-0.3, -0.25) is 0 Å². The van der Waals surface area contributed by atoms with Gasteiger partial charge in [-0.25, -0.2) is 4.68 Å². The van der Waals surface area contributed by atoms with Gasteiger partial charge in [-0.15, -0.1) is 0 Å². The first-order valence-corrected chi connectivity index (χ1v) is 3.90. The Labute approximate surface area is 72.0 Å². The number of nitrogens with zero attached hydrogens (tertiary/aromatic N) is 2. The van der Waals surface area contributed by atoms with Gasteiger partial charge in [-0.1, -0.05) is 0 Å². The first kappa shape index (κ1) is 9.06. The molecule has 0 spiro atoms. The van der Waals surface area contributed by atoms with Crippen molar-refractivity contribution in [1.29, 1.82) is 0 Å². The molecular formula is C8H15N3O. The third-order valence-electron chi connectivity index (χ3n) is 1.69. The lowest BCUT2D eigenvalue weighted by atomic mass is 10.1. The van der Waals surface area contributed by atoms with Gasteiger partial charge in [-0.05, 0) is 20.8 Å². The highest BCUT2D eigenvalue weighted by Crippen LogP contribution is 2.20. The molecule has 1 rings (SSSR count). The summed E-state index contributed by atoms with van der Waals surface area (Å²) in [5.74, 6) is 0.546. The van der Waals surface area contributed by atoms with Crippen molar-refractivity contribution in [3.8, 4) is 0 Å². The van der Waals surface area contributed by atoms with E-state index in [1.807, 2.05) is 20.8 Å². The normalized spacial score (nSPS) is 12.0. The summed E-state index contributed by atoms with van der Waals surface area (Å²) < 4.78 is 1.71. The van der Waals surface area contributed by atoms with Crippen LogP contribution in [0.2, 0.25) is 0 Å². The van der Waals surface area contributed by atoms with E-state index in [0.29, 0.717) is 11.4 Å². The van der Waals surface area contributed by atoms with Crippen molar-refractivity contribution in [3.05, 3.63) is 11.8 Å². The Kier molecular flexibility index (Phi) is 2.10. The van der Waals surface area contributed by atoms with Crippen LogP contribution in [0.15, 0.2) is 6.20 Å². The van der Waals surface area contributed by atoms with E-state index in [-0.39, 0.29) is 12.1 Å². The standard InChI is InChI=1S/C8H15N3O/c1-8(2,3)11-7(9)6(5-12)4-10-11/h4,12H,5,9H2,1-3H3. The van der Waals surface area contributed by atoms with E-state index < -0.39 is 0 Å². The van der Waals surface area contributed by atoms with Crippen molar-refractivity contribution >= 4 is 5.82 Å². The molecule has 0 fully saturated rings. The topological polar surface area (TPSA) is 64.1 Å². The van der Waals surface area contributed by atoms with E-state index in [2.05, 4.69) is 5.10 Å². The summed E-state index contributed by atoms with van der Waals surface area (Å²) in [6.07, 6.45) is 1.60. The fraction of sp³-hybridized carbons (Fsp3) is 0.625. The summed E-state index contributed by atoms with van der Waals surface area (Å²) in [5.41, 5.74) is 6.30. The van der Waals surface area contributed by atoms with Crippen LogP contribution in [0.1, 0.15) is 26.3 Å². The molecule has 0 aliphatic carbocycles. The summed E-state index contributed by atoms with van der Waals surface area (Å²) in [7, 11) is 0. The highest BCUT2D eigenvalue weighted by atomic mass is 16.3. The quantitative estimate of drug-likeness (QED) is 0.650. The Bertz CT molecular complexity index is 272. The summed E-state index contributed by atoms with van der Waals surface area (Å²) >= 11 is 0. The van der Waals surface area contributed by atoms with Crippen LogP contribution < -0.4 is 5.73 Å². The molecule has 0 aliphatic heterocycles. The maximum Gasteiger partial charge on any atom is 0.127 e. The van der Waals surface area contributed by atoms with Gasteiger partial charge < -0.3 is 10.8 Å². The van der Waals surface area contributed by atoms with Crippen molar-refractivity contribution in [2.45, 2.75) is 32.9 Å². The zero-order chi connectivity index (χ0) is 9.35. The smallest absolute Gasteiger partial charge is 0.127 e. The fourth-order valence-electron chi connectivity index (χ4n) is 1.05. The predicted octanol–water partition coefficient (Wildman–Crippen LogP) is 0.713. The molecule has 12 heavy (non-hydrogen) atoms. The number of nitrogens with two attached hydrogens (primary N) is 1. The van der Waals surface area contributed by atoms with E-state index in [1.54, 1.807) is 10.9 Å². The lowest BCUT2D eigenvalue weighted by molar-refractivity contribution is 0.282. The van der Waals surface area contributed by atoms with Crippen molar-refractivity contribution in [2.75, 3.05) is 5.73 Å². The van der Waals surface area contributed by atoms with Crippen LogP contribution in [0.5, 0.6) is 0 Å². The molecule has 1 aromatic rings. The van der Waals surface area contributed by atoms with Gasteiger partial charge in [0, 0.05) is 5.56 Å². The molecule has 0 amide bonds. The second-order valence-corrected chi connectivity index (χ2v) is 3.80. The van der Waals surface area contributed by atoms with Crippen LogP contribution in [0.3, 0.4) is 0 Å². The zero-order valence-corrected chi connectivity index (χ0v) is 7.70. The number of anilines is 1. The highest BCUT2D eigenvalue weighted by molar-refractivity contribution is 5.38. The van der Waals surface area contributed by atoms with Gasteiger partial charge >= 0.3 is 0 Å². The molecule has 0 saturated carbocycles. The van der Waals surface area contributed by atoms with Crippen molar-refractivity contribution in [2.24, 2.45) is 0 Å². The highest BCUT2D eigenvalue weighted by Gasteiger charge is 2.18. The number of aliphatic hydroxyl groups is 1. The molecule has 4 nitrogen and oxygen atoms in total.